The van der Waals surface area contributed by atoms with E-state index in [1.54, 1.807) is 31.4 Å². The Kier molecular flexibility index (Phi) is 6.79. The average Bonchev–Trinajstić information content (AvgIpc) is 2.50. The third-order valence-corrected chi connectivity index (χ3v) is 4.94. The summed E-state index contributed by atoms with van der Waals surface area (Å²) in [6, 6.07) is 6.40. The van der Waals surface area contributed by atoms with Crippen molar-refractivity contribution in [3.63, 3.8) is 0 Å². The normalized spacial score (nSPS) is 11.5. The van der Waals surface area contributed by atoms with Gasteiger partial charge in [-0.25, -0.2) is 0 Å². The first-order chi connectivity index (χ1) is 10.3. The van der Waals surface area contributed by atoms with Crippen molar-refractivity contribution in [2.45, 2.75) is 6.42 Å². The van der Waals surface area contributed by atoms with E-state index in [4.69, 9.17) is 4.74 Å². The first-order valence-electron chi connectivity index (χ1n) is 6.84. The van der Waals surface area contributed by atoms with Crippen LogP contribution in [-0.2, 0) is 14.9 Å². The van der Waals surface area contributed by atoms with Crippen molar-refractivity contribution in [3.8, 4) is 0 Å². The lowest BCUT2D eigenvalue weighted by Crippen LogP contribution is -2.37. The molecule has 0 aliphatic heterocycles. The molecule has 0 heterocycles. The third kappa shape index (κ3) is 4.69. The molecule has 0 atom stereocenters. The van der Waals surface area contributed by atoms with Gasteiger partial charge in [0.1, 0.15) is 0 Å². The van der Waals surface area contributed by atoms with Crippen molar-refractivity contribution in [2.75, 3.05) is 45.7 Å². The molecule has 1 rings (SSSR count). The molecule has 1 amide bonds. The smallest absolute Gasteiger partial charge is 0.303 e. The lowest BCUT2D eigenvalue weighted by molar-refractivity contribution is 0.0948. The molecule has 0 bridgehead atoms. The van der Waals surface area contributed by atoms with Gasteiger partial charge >= 0.3 is 10.2 Å². The number of nitrogens with one attached hydrogen (secondary N) is 1. The second-order valence-corrected chi connectivity index (χ2v) is 7.08. The van der Waals surface area contributed by atoms with Gasteiger partial charge in [-0.3, -0.25) is 9.10 Å². The molecule has 0 saturated heterocycles. The molecule has 1 aromatic rings. The van der Waals surface area contributed by atoms with Crippen LogP contribution >= 0.6 is 0 Å². The zero-order valence-corrected chi connectivity index (χ0v) is 14.2. The molecule has 8 heteroatoms. The summed E-state index contributed by atoms with van der Waals surface area (Å²) in [5.41, 5.74) is 0.974. The molecule has 0 aliphatic rings. The maximum absolute atomic E-state index is 12.0. The van der Waals surface area contributed by atoms with Crippen molar-refractivity contribution in [1.82, 2.24) is 9.62 Å². The second-order valence-electron chi connectivity index (χ2n) is 4.91. The number of carbonyl (C=O) groups is 1. The minimum atomic E-state index is -3.53. The van der Waals surface area contributed by atoms with Gasteiger partial charge in [0.25, 0.3) is 5.91 Å². The van der Waals surface area contributed by atoms with Crippen LogP contribution in [0.2, 0.25) is 0 Å². The Morgan fingerprint density at radius 3 is 2.27 bits per heavy atom. The summed E-state index contributed by atoms with van der Waals surface area (Å²) in [5, 5.41) is 2.77. The van der Waals surface area contributed by atoms with Crippen LogP contribution in [-0.4, -0.2) is 60.0 Å². The second kappa shape index (κ2) is 8.11. The van der Waals surface area contributed by atoms with Gasteiger partial charge < -0.3 is 10.1 Å². The van der Waals surface area contributed by atoms with Crippen LogP contribution in [0.1, 0.15) is 16.8 Å². The summed E-state index contributed by atoms with van der Waals surface area (Å²) >= 11 is 0. The van der Waals surface area contributed by atoms with Crippen molar-refractivity contribution >= 4 is 21.8 Å². The Bertz CT molecular complexity index is 585. The van der Waals surface area contributed by atoms with Gasteiger partial charge in [0.05, 0.1) is 5.69 Å². The van der Waals surface area contributed by atoms with Gasteiger partial charge in [-0.05, 0) is 30.7 Å². The predicted molar refractivity (Wildman–Crippen MR) is 86.3 cm³/mol. The molecule has 0 unspecified atom stereocenters. The fraction of sp³-hybridized carbons (Fsp3) is 0.500. The van der Waals surface area contributed by atoms with E-state index in [1.807, 2.05) is 0 Å². The van der Waals surface area contributed by atoms with E-state index in [1.165, 1.54) is 21.1 Å². The third-order valence-electron chi connectivity index (χ3n) is 3.11. The Morgan fingerprint density at radius 1 is 1.18 bits per heavy atom. The maximum atomic E-state index is 12.0. The molecule has 1 aromatic carbocycles. The van der Waals surface area contributed by atoms with Crippen LogP contribution in [0.4, 0.5) is 5.69 Å². The van der Waals surface area contributed by atoms with Crippen LogP contribution in [0.3, 0.4) is 0 Å². The number of amides is 1. The maximum Gasteiger partial charge on any atom is 0.303 e. The molecule has 0 spiro atoms. The molecule has 0 radical (unpaired) electrons. The summed E-state index contributed by atoms with van der Waals surface area (Å²) in [5.74, 6) is -0.194. The largest absolute Gasteiger partial charge is 0.385 e. The molecule has 0 saturated carbocycles. The van der Waals surface area contributed by atoms with Gasteiger partial charge in [0.2, 0.25) is 0 Å². The Morgan fingerprint density at radius 2 is 1.77 bits per heavy atom. The van der Waals surface area contributed by atoms with Crippen molar-refractivity contribution in [1.29, 1.82) is 0 Å². The summed E-state index contributed by atoms with van der Waals surface area (Å²) < 4.78 is 31.2. The van der Waals surface area contributed by atoms with Crippen molar-refractivity contribution in [3.05, 3.63) is 29.8 Å². The Labute approximate surface area is 132 Å². The minimum absolute atomic E-state index is 0.194. The van der Waals surface area contributed by atoms with Gasteiger partial charge in [-0.15, -0.1) is 0 Å². The van der Waals surface area contributed by atoms with Crippen LogP contribution in [0.25, 0.3) is 0 Å². The van der Waals surface area contributed by atoms with E-state index in [-0.39, 0.29) is 5.91 Å². The minimum Gasteiger partial charge on any atom is -0.385 e. The van der Waals surface area contributed by atoms with E-state index >= 15 is 0 Å². The number of carbonyl (C=O) groups excluding carboxylic acids is 1. The molecule has 0 aliphatic carbocycles. The highest BCUT2D eigenvalue weighted by Crippen LogP contribution is 2.18. The first-order valence-corrected chi connectivity index (χ1v) is 8.24. The molecule has 1 N–H and O–H groups in total. The lowest BCUT2D eigenvalue weighted by atomic mass is 10.2. The number of benzene rings is 1. The van der Waals surface area contributed by atoms with Crippen LogP contribution in [0.15, 0.2) is 24.3 Å². The van der Waals surface area contributed by atoms with Gasteiger partial charge in [-0.1, -0.05) is 0 Å². The zero-order valence-electron chi connectivity index (χ0n) is 13.4. The lowest BCUT2D eigenvalue weighted by Gasteiger charge is -2.23. The highest BCUT2D eigenvalue weighted by molar-refractivity contribution is 7.90. The van der Waals surface area contributed by atoms with E-state index in [2.05, 4.69) is 5.32 Å². The topological polar surface area (TPSA) is 79.0 Å². The monoisotopic (exact) mass is 329 g/mol. The standard InChI is InChI=1S/C14H23N3O4S/c1-16(2)22(19,20)17(3)13-8-6-12(7-9-13)14(18)15-10-5-11-21-4/h6-9H,5,10-11H2,1-4H3,(H,15,18). The highest BCUT2D eigenvalue weighted by Gasteiger charge is 2.20. The molecule has 124 valence electrons. The molecule has 7 nitrogen and oxygen atoms in total. The molecule has 22 heavy (non-hydrogen) atoms. The number of hydrogen-bond acceptors (Lipinski definition) is 4. The molecular weight excluding hydrogens is 306 g/mol. The summed E-state index contributed by atoms with van der Waals surface area (Å²) in [4.78, 5) is 11.9. The molecule has 0 aromatic heterocycles. The van der Waals surface area contributed by atoms with Crippen LogP contribution in [0, 0.1) is 0 Å². The zero-order chi connectivity index (χ0) is 16.8. The molecule has 0 fully saturated rings. The predicted octanol–water partition coefficient (Wildman–Crippen LogP) is 0.696. The average molecular weight is 329 g/mol. The fourth-order valence-corrected chi connectivity index (χ4v) is 2.60. The number of hydrogen-bond donors (Lipinski definition) is 1. The van der Waals surface area contributed by atoms with Gasteiger partial charge in [-0.2, -0.15) is 12.7 Å². The Balaban J connectivity index is 2.72. The van der Waals surface area contributed by atoms with Gasteiger partial charge in [0.15, 0.2) is 0 Å². The van der Waals surface area contributed by atoms with Crippen molar-refractivity contribution in [2.24, 2.45) is 0 Å². The van der Waals surface area contributed by atoms with Crippen molar-refractivity contribution < 1.29 is 17.9 Å². The van der Waals surface area contributed by atoms with E-state index < -0.39 is 10.2 Å². The van der Waals surface area contributed by atoms with E-state index in [0.29, 0.717) is 24.4 Å². The van der Waals surface area contributed by atoms with E-state index in [0.717, 1.165) is 15.0 Å². The van der Waals surface area contributed by atoms with Crippen LogP contribution in [0.5, 0.6) is 0 Å². The fourth-order valence-electron chi connectivity index (χ4n) is 1.72. The quantitative estimate of drug-likeness (QED) is 0.712. The summed E-state index contributed by atoms with van der Waals surface area (Å²) in [7, 11) is 2.48. The number of nitrogens with zero attached hydrogens (tertiary/aromatic N) is 2. The SMILES string of the molecule is COCCCNC(=O)c1ccc(N(C)S(=O)(=O)N(C)C)cc1. The first kappa shape index (κ1) is 18.4. The van der Waals surface area contributed by atoms with E-state index in [9.17, 15) is 13.2 Å². The summed E-state index contributed by atoms with van der Waals surface area (Å²) in [6.45, 7) is 1.12. The number of methoxy groups -OCH3 is 1. The number of rotatable bonds is 8. The number of ether oxygens (including phenoxy) is 1. The highest BCUT2D eigenvalue weighted by atomic mass is 32.2. The number of anilines is 1. The molecular formula is C14H23N3O4S. The Hall–Kier alpha value is -1.64. The summed E-state index contributed by atoms with van der Waals surface area (Å²) in [6.07, 6.45) is 0.740. The van der Waals surface area contributed by atoms with Gasteiger partial charge in [0, 0.05) is 47.0 Å². The van der Waals surface area contributed by atoms with Crippen LogP contribution < -0.4 is 9.62 Å².